The maximum absolute atomic E-state index is 6.30. The second-order valence-corrected chi connectivity index (χ2v) is 6.62. The Morgan fingerprint density at radius 3 is 2.60 bits per heavy atom. The Kier molecular flexibility index (Phi) is 3.80. The Hall–Kier alpha value is -0.970. The lowest BCUT2D eigenvalue weighted by atomic mass is 10.1. The first-order valence-corrected chi connectivity index (χ1v) is 7.90. The lowest BCUT2D eigenvalue weighted by Gasteiger charge is -2.07. The van der Waals surface area contributed by atoms with Crippen molar-refractivity contribution in [2.75, 3.05) is 0 Å². The topological polar surface area (TPSA) is 25.8 Å². The van der Waals surface area contributed by atoms with E-state index in [-0.39, 0.29) is 0 Å². The Labute approximate surface area is 138 Å². The van der Waals surface area contributed by atoms with E-state index in [0.29, 0.717) is 11.0 Å². The number of fused-ring (bicyclic) bond motifs is 1. The van der Waals surface area contributed by atoms with Crippen LogP contribution in [0.3, 0.4) is 0 Å². The molecule has 0 bridgehead atoms. The van der Waals surface area contributed by atoms with Crippen LogP contribution in [0.15, 0.2) is 45.3 Å². The number of hydrogen-bond donors (Lipinski definition) is 0. The molecule has 0 aliphatic carbocycles. The number of hydrogen-bond acceptors (Lipinski definition) is 2. The summed E-state index contributed by atoms with van der Waals surface area (Å²) in [6, 6.07) is 11.9. The zero-order valence-electron chi connectivity index (χ0n) is 10.5. The van der Waals surface area contributed by atoms with Gasteiger partial charge in [-0.25, -0.2) is 9.97 Å². The zero-order chi connectivity index (χ0) is 14.3. The minimum atomic E-state index is 0.452. The summed E-state index contributed by atoms with van der Waals surface area (Å²) in [5, 5.41) is 1.28. The van der Waals surface area contributed by atoms with Gasteiger partial charge in [-0.05, 0) is 41.1 Å². The molecule has 0 saturated heterocycles. The Morgan fingerprint density at radius 2 is 1.85 bits per heavy atom. The van der Waals surface area contributed by atoms with Crippen molar-refractivity contribution in [1.29, 1.82) is 0 Å². The van der Waals surface area contributed by atoms with Crippen LogP contribution in [-0.4, -0.2) is 9.97 Å². The standard InChI is InChI=1S/C15H9Br2ClN2/c1-8-3-2-4-9(5-8)15-19-13-11(14(18)20-15)6-10(16)7-12(13)17/h2-7H,1H3. The van der Waals surface area contributed by atoms with Crippen molar-refractivity contribution in [3.8, 4) is 11.4 Å². The molecule has 0 aliphatic heterocycles. The van der Waals surface area contributed by atoms with Gasteiger partial charge in [0.05, 0.1) is 5.52 Å². The minimum Gasteiger partial charge on any atom is -0.227 e. The van der Waals surface area contributed by atoms with Crippen LogP contribution in [0, 0.1) is 6.92 Å². The lowest BCUT2D eigenvalue weighted by Crippen LogP contribution is -1.93. The second-order valence-electron chi connectivity index (χ2n) is 4.49. The van der Waals surface area contributed by atoms with Crippen molar-refractivity contribution < 1.29 is 0 Å². The van der Waals surface area contributed by atoms with Gasteiger partial charge in [-0.3, -0.25) is 0 Å². The minimum absolute atomic E-state index is 0.452. The maximum atomic E-state index is 6.30. The van der Waals surface area contributed by atoms with E-state index in [9.17, 15) is 0 Å². The molecule has 0 amide bonds. The molecule has 0 radical (unpaired) electrons. The summed E-state index contributed by atoms with van der Waals surface area (Å²) in [5.41, 5.74) is 2.94. The van der Waals surface area contributed by atoms with Gasteiger partial charge >= 0.3 is 0 Å². The predicted octanol–water partition coefficient (Wildman–Crippen LogP) is 5.78. The molecule has 0 unspecified atom stereocenters. The molecule has 0 atom stereocenters. The largest absolute Gasteiger partial charge is 0.227 e. The van der Waals surface area contributed by atoms with Gasteiger partial charge in [0.2, 0.25) is 0 Å². The van der Waals surface area contributed by atoms with Crippen LogP contribution in [-0.2, 0) is 0 Å². The monoisotopic (exact) mass is 410 g/mol. The summed E-state index contributed by atoms with van der Waals surface area (Å²) in [4.78, 5) is 9.03. The average molecular weight is 413 g/mol. The second kappa shape index (κ2) is 5.43. The molecule has 0 N–H and O–H groups in total. The van der Waals surface area contributed by atoms with Crippen molar-refractivity contribution in [3.05, 3.63) is 56.1 Å². The zero-order valence-corrected chi connectivity index (χ0v) is 14.4. The fraction of sp³-hybridized carbons (Fsp3) is 0.0667. The van der Waals surface area contributed by atoms with Crippen LogP contribution < -0.4 is 0 Å². The van der Waals surface area contributed by atoms with E-state index in [1.54, 1.807) is 0 Å². The van der Waals surface area contributed by atoms with Crippen molar-refractivity contribution in [2.24, 2.45) is 0 Å². The van der Waals surface area contributed by atoms with Gasteiger partial charge in [-0.1, -0.05) is 51.3 Å². The molecule has 3 rings (SSSR count). The van der Waals surface area contributed by atoms with Gasteiger partial charge in [0.15, 0.2) is 5.82 Å². The smallest absolute Gasteiger partial charge is 0.161 e. The molecule has 1 aromatic heterocycles. The Balaban J connectivity index is 2.29. The van der Waals surface area contributed by atoms with Gasteiger partial charge in [0.25, 0.3) is 0 Å². The summed E-state index contributed by atoms with van der Waals surface area (Å²) in [5.74, 6) is 0.634. The summed E-state index contributed by atoms with van der Waals surface area (Å²) in [6.45, 7) is 2.04. The van der Waals surface area contributed by atoms with Crippen LogP contribution in [0.2, 0.25) is 5.15 Å². The SMILES string of the molecule is Cc1cccc(-c2nc(Cl)c3cc(Br)cc(Br)c3n2)c1. The maximum Gasteiger partial charge on any atom is 0.161 e. The third kappa shape index (κ3) is 2.60. The molecule has 2 aromatic carbocycles. The number of halogens is 3. The van der Waals surface area contributed by atoms with Crippen LogP contribution in [0.25, 0.3) is 22.3 Å². The number of rotatable bonds is 1. The molecular formula is C15H9Br2ClN2. The highest BCUT2D eigenvalue weighted by Gasteiger charge is 2.11. The molecule has 0 fully saturated rings. The Morgan fingerprint density at radius 1 is 1.05 bits per heavy atom. The number of nitrogens with zero attached hydrogens (tertiary/aromatic N) is 2. The van der Waals surface area contributed by atoms with E-state index in [1.165, 1.54) is 0 Å². The van der Waals surface area contributed by atoms with Crippen LogP contribution in [0.5, 0.6) is 0 Å². The summed E-state index contributed by atoms with van der Waals surface area (Å²) < 4.78 is 1.82. The molecule has 0 saturated carbocycles. The first-order chi connectivity index (χ1) is 9.54. The van der Waals surface area contributed by atoms with Gasteiger partial charge in [0.1, 0.15) is 5.15 Å². The fourth-order valence-corrected chi connectivity index (χ4v) is 3.57. The van der Waals surface area contributed by atoms with Crippen LogP contribution in [0.4, 0.5) is 0 Å². The summed E-state index contributed by atoms with van der Waals surface area (Å²) >= 11 is 13.3. The van der Waals surface area contributed by atoms with Crippen molar-refractivity contribution >= 4 is 54.4 Å². The first-order valence-electron chi connectivity index (χ1n) is 5.94. The van der Waals surface area contributed by atoms with E-state index in [2.05, 4.69) is 41.8 Å². The molecule has 0 spiro atoms. The van der Waals surface area contributed by atoms with Crippen molar-refractivity contribution in [2.45, 2.75) is 6.92 Å². The number of benzene rings is 2. The molecule has 5 heteroatoms. The normalized spacial score (nSPS) is 11.0. The first kappa shape index (κ1) is 14.0. The van der Waals surface area contributed by atoms with E-state index in [4.69, 9.17) is 11.6 Å². The summed E-state index contributed by atoms with van der Waals surface area (Å²) in [6.07, 6.45) is 0. The fourth-order valence-electron chi connectivity index (χ4n) is 2.03. The third-order valence-electron chi connectivity index (χ3n) is 2.95. The number of aryl methyl sites for hydroxylation is 1. The van der Waals surface area contributed by atoms with Gasteiger partial charge in [-0.2, -0.15) is 0 Å². The Bertz CT molecular complexity index is 818. The van der Waals surface area contributed by atoms with Gasteiger partial charge < -0.3 is 0 Å². The average Bonchev–Trinajstić information content (AvgIpc) is 2.39. The molecule has 1 heterocycles. The molecule has 0 aliphatic rings. The van der Waals surface area contributed by atoms with Crippen molar-refractivity contribution in [1.82, 2.24) is 9.97 Å². The van der Waals surface area contributed by atoms with Crippen molar-refractivity contribution in [3.63, 3.8) is 0 Å². The van der Waals surface area contributed by atoms with E-state index >= 15 is 0 Å². The number of aromatic nitrogens is 2. The van der Waals surface area contributed by atoms with E-state index in [1.807, 2.05) is 43.3 Å². The summed E-state index contributed by atoms with van der Waals surface area (Å²) in [7, 11) is 0. The van der Waals surface area contributed by atoms with Crippen LogP contribution >= 0.6 is 43.5 Å². The van der Waals surface area contributed by atoms with E-state index < -0.39 is 0 Å². The van der Waals surface area contributed by atoms with Gasteiger partial charge in [0, 0.05) is 19.9 Å². The highest BCUT2D eigenvalue weighted by atomic mass is 79.9. The quantitative estimate of drug-likeness (QED) is 0.473. The molecular weight excluding hydrogens is 403 g/mol. The van der Waals surface area contributed by atoms with Gasteiger partial charge in [-0.15, -0.1) is 0 Å². The molecule has 2 nitrogen and oxygen atoms in total. The lowest BCUT2D eigenvalue weighted by molar-refractivity contribution is 1.22. The highest BCUT2D eigenvalue weighted by Crippen LogP contribution is 2.32. The molecule has 20 heavy (non-hydrogen) atoms. The molecule has 100 valence electrons. The van der Waals surface area contributed by atoms with Crippen LogP contribution in [0.1, 0.15) is 5.56 Å². The molecule has 3 aromatic rings. The third-order valence-corrected chi connectivity index (χ3v) is 4.30. The predicted molar refractivity (Wildman–Crippen MR) is 90.1 cm³/mol. The van der Waals surface area contributed by atoms with E-state index in [0.717, 1.165) is 31.0 Å². The highest BCUT2D eigenvalue weighted by molar-refractivity contribution is 9.11.